The molecule has 1 atom stereocenters. The van der Waals surface area contributed by atoms with E-state index in [2.05, 4.69) is 21.2 Å². The molecule has 0 amide bonds. The Balaban J connectivity index is 1.98. The molecule has 5 nitrogen and oxygen atoms in total. The van der Waals surface area contributed by atoms with Crippen LogP contribution in [0.1, 0.15) is 12.8 Å². The van der Waals surface area contributed by atoms with Crippen LogP contribution in [0.3, 0.4) is 0 Å². The number of halogens is 1. The average Bonchev–Trinajstić information content (AvgIpc) is 3.10. The maximum atomic E-state index is 10.6. The zero-order chi connectivity index (χ0) is 12.4. The number of hydrogen-bond donors (Lipinski definition) is 2. The third-order valence-electron chi connectivity index (χ3n) is 2.92. The number of nitro groups is 1. The Morgan fingerprint density at radius 1 is 1.59 bits per heavy atom. The molecule has 1 aliphatic carbocycles. The summed E-state index contributed by atoms with van der Waals surface area (Å²) in [6.45, 7) is 0.696. The Kier molecular flexibility index (Phi) is 3.63. The predicted octanol–water partition coefficient (Wildman–Crippen LogP) is 2.51. The summed E-state index contributed by atoms with van der Waals surface area (Å²) < 4.78 is 0.690. The standard InChI is InChI=1S/C11H14BrN3O2/c12-9-5-8(15(16)17)3-4-11(9)14-6-10(13)7-1-2-7/h3-5,7,10,14H,1-2,6,13H2. The Bertz CT molecular complexity index is 435. The molecule has 0 aliphatic heterocycles. The van der Waals surface area contributed by atoms with Gasteiger partial charge in [0.2, 0.25) is 0 Å². The molecular formula is C11H14BrN3O2. The predicted molar refractivity (Wildman–Crippen MR) is 70.0 cm³/mol. The van der Waals surface area contributed by atoms with Crippen LogP contribution in [0.15, 0.2) is 22.7 Å². The highest BCUT2D eigenvalue weighted by Crippen LogP contribution is 2.32. The van der Waals surface area contributed by atoms with E-state index in [1.54, 1.807) is 6.07 Å². The molecule has 0 spiro atoms. The molecule has 1 fully saturated rings. The van der Waals surface area contributed by atoms with Crippen LogP contribution < -0.4 is 11.1 Å². The maximum Gasteiger partial charge on any atom is 0.270 e. The van der Waals surface area contributed by atoms with Crippen molar-refractivity contribution in [1.29, 1.82) is 0 Å². The first-order valence-electron chi connectivity index (χ1n) is 5.51. The van der Waals surface area contributed by atoms with Crippen molar-refractivity contribution in [2.24, 2.45) is 11.7 Å². The Hall–Kier alpha value is -1.14. The number of non-ortho nitro benzene ring substituents is 1. The fourth-order valence-corrected chi connectivity index (χ4v) is 2.19. The van der Waals surface area contributed by atoms with Gasteiger partial charge < -0.3 is 11.1 Å². The summed E-state index contributed by atoms with van der Waals surface area (Å²) in [6.07, 6.45) is 2.43. The van der Waals surface area contributed by atoms with Gasteiger partial charge in [-0.1, -0.05) is 0 Å². The van der Waals surface area contributed by atoms with Crippen LogP contribution >= 0.6 is 15.9 Å². The molecule has 1 unspecified atom stereocenters. The molecule has 17 heavy (non-hydrogen) atoms. The van der Waals surface area contributed by atoms with Gasteiger partial charge in [-0.25, -0.2) is 0 Å². The molecule has 0 aromatic heterocycles. The van der Waals surface area contributed by atoms with Gasteiger partial charge in [0, 0.05) is 34.9 Å². The lowest BCUT2D eigenvalue weighted by Crippen LogP contribution is -2.31. The van der Waals surface area contributed by atoms with Gasteiger partial charge in [-0.2, -0.15) is 0 Å². The van der Waals surface area contributed by atoms with Crippen LogP contribution in [0.5, 0.6) is 0 Å². The minimum atomic E-state index is -0.412. The number of anilines is 1. The first-order valence-corrected chi connectivity index (χ1v) is 6.30. The summed E-state index contributed by atoms with van der Waals surface area (Å²) in [4.78, 5) is 10.2. The van der Waals surface area contributed by atoms with E-state index in [1.165, 1.54) is 25.0 Å². The second-order valence-electron chi connectivity index (χ2n) is 4.30. The zero-order valence-corrected chi connectivity index (χ0v) is 10.8. The number of nitrogens with zero attached hydrogens (tertiary/aromatic N) is 1. The van der Waals surface area contributed by atoms with E-state index in [1.807, 2.05) is 0 Å². The van der Waals surface area contributed by atoms with Crippen molar-refractivity contribution in [2.45, 2.75) is 18.9 Å². The lowest BCUT2D eigenvalue weighted by Gasteiger charge is -2.13. The highest BCUT2D eigenvalue weighted by atomic mass is 79.9. The lowest BCUT2D eigenvalue weighted by atomic mass is 10.2. The average molecular weight is 300 g/mol. The molecule has 92 valence electrons. The highest BCUT2D eigenvalue weighted by molar-refractivity contribution is 9.10. The monoisotopic (exact) mass is 299 g/mol. The maximum absolute atomic E-state index is 10.6. The molecule has 1 aromatic carbocycles. The highest BCUT2D eigenvalue weighted by Gasteiger charge is 2.28. The Morgan fingerprint density at radius 3 is 2.82 bits per heavy atom. The molecule has 1 aromatic rings. The van der Waals surface area contributed by atoms with Gasteiger partial charge in [0.15, 0.2) is 0 Å². The summed E-state index contributed by atoms with van der Waals surface area (Å²) in [5.41, 5.74) is 6.89. The summed E-state index contributed by atoms with van der Waals surface area (Å²) in [7, 11) is 0. The summed E-state index contributed by atoms with van der Waals surface area (Å²) in [5.74, 6) is 0.638. The molecule has 1 saturated carbocycles. The van der Waals surface area contributed by atoms with Gasteiger partial charge in [0.05, 0.1) is 4.92 Å². The van der Waals surface area contributed by atoms with Gasteiger partial charge >= 0.3 is 0 Å². The second kappa shape index (κ2) is 5.01. The van der Waals surface area contributed by atoms with Crippen LogP contribution in [0, 0.1) is 16.0 Å². The third-order valence-corrected chi connectivity index (χ3v) is 3.58. The normalized spacial score (nSPS) is 16.6. The van der Waals surface area contributed by atoms with Gasteiger partial charge in [0.25, 0.3) is 5.69 Å². The van der Waals surface area contributed by atoms with Crippen molar-refractivity contribution in [3.05, 3.63) is 32.8 Å². The molecular weight excluding hydrogens is 286 g/mol. The molecule has 6 heteroatoms. The molecule has 0 saturated heterocycles. The number of hydrogen-bond acceptors (Lipinski definition) is 4. The van der Waals surface area contributed by atoms with Crippen molar-refractivity contribution < 1.29 is 4.92 Å². The minimum Gasteiger partial charge on any atom is -0.383 e. The fourth-order valence-electron chi connectivity index (χ4n) is 1.68. The molecule has 1 aliphatic rings. The first kappa shape index (κ1) is 12.3. The molecule has 0 heterocycles. The van der Waals surface area contributed by atoms with Gasteiger partial charge in [0.1, 0.15) is 0 Å². The summed E-state index contributed by atoms with van der Waals surface area (Å²) >= 11 is 3.31. The third kappa shape index (κ3) is 3.17. The number of rotatable bonds is 5. The van der Waals surface area contributed by atoms with Crippen molar-refractivity contribution in [3.63, 3.8) is 0 Å². The Morgan fingerprint density at radius 2 is 2.29 bits per heavy atom. The van der Waals surface area contributed by atoms with E-state index >= 15 is 0 Å². The van der Waals surface area contributed by atoms with E-state index in [9.17, 15) is 10.1 Å². The number of benzene rings is 1. The largest absolute Gasteiger partial charge is 0.383 e. The minimum absolute atomic E-state index is 0.0777. The van der Waals surface area contributed by atoms with Gasteiger partial charge in [-0.05, 0) is 40.8 Å². The number of nitrogens with one attached hydrogen (secondary N) is 1. The first-order chi connectivity index (χ1) is 8.08. The zero-order valence-electron chi connectivity index (χ0n) is 9.23. The van der Waals surface area contributed by atoms with Crippen LogP contribution in [0.2, 0.25) is 0 Å². The molecule has 0 bridgehead atoms. The van der Waals surface area contributed by atoms with E-state index in [0.717, 1.165) is 5.69 Å². The van der Waals surface area contributed by atoms with E-state index < -0.39 is 4.92 Å². The van der Waals surface area contributed by atoms with Crippen molar-refractivity contribution in [2.75, 3.05) is 11.9 Å². The quantitative estimate of drug-likeness (QED) is 0.646. The van der Waals surface area contributed by atoms with Crippen LogP contribution in [0.25, 0.3) is 0 Å². The van der Waals surface area contributed by atoms with Crippen molar-refractivity contribution in [3.8, 4) is 0 Å². The van der Waals surface area contributed by atoms with Crippen LogP contribution in [0.4, 0.5) is 11.4 Å². The number of nitrogens with two attached hydrogens (primary N) is 1. The Labute approximate surface area is 108 Å². The van der Waals surface area contributed by atoms with Crippen molar-refractivity contribution in [1.82, 2.24) is 0 Å². The summed E-state index contributed by atoms with van der Waals surface area (Å²) in [5, 5.41) is 13.8. The van der Waals surface area contributed by atoms with Crippen molar-refractivity contribution >= 4 is 27.3 Å². The lowest BCUT2D eigenvalue weighted by molar-refractivity contribution is -0.384. The molecule has 2 rings (SSSR count). The van der Waals surface area contributed by atoms with Gasteiger partial charge in [-0.3, -0.25) is 10.1 Å². The summed E-state index contributed by atoms with van der Waals surface area (Å²) in [6, 6.07) is 4.83. The smallest absolute Gasteiger partial charge is 0.270 e. The van der Waals surface area contributed by atoms with E-state index in [0.29, 0.717) is 16.9 Å². The molecule has 3 N–H and O–H groups in total. The molecule has 0 radical (unpaired) electrons. The topological polar surface area (TPSA) is 81.2 Å². The van der Waals surface area contributed by atoms with Crippen LogP contribution in [-0.4, -0.2) is 17.5 Å². The number of nitro benzene ring substituents is 1. The van der Waals surface area contributed by atoms with Gasteiger partial charge in [-0.15, -0.1) is 0 Å². The SMILES string of the molecule is NC(CNc1ccc([N+](=O)[O-])cc1Br)C1CC1. The van der Waals surface area contributed by atoms with E-state index in [4.69, 9.17) is 5.73 Å². The fraction of sp³-hybridized carbons (Fsp3) is 0.455. The van der Waals surface area contributed by atoms with E-state index in [-0.39, 0.29) is 11.7 Å². The van der Waals surface area contributed by atoms with Crippen LogP contribution in [-0.2, 0) is 0 Å². The second-order valence-corrected chi connectivity index (χ2v) is 5.16.